The van der Waals surface area contributed by atoms with Gasteiger partial charge in [0.2, 0.25) is 5.95 Å². The Morgan fingerprint density at radius 2 is 2.17 bits per heavy atom. The predicted molar refractivity (Wildman–Crippen MR) is 88.8 cm³/mol. The van der Waals surface area contributed by atoms with E-state index < -0.39 is 5.60 Å². The van der Waals surface area contributed by atoms with Gasteiger partial charge >= 0.3 is 0 Å². The summed E-state index contributed by atoms with van der Waals surface area (Å²) in [6.07, 6.45) is 5.64. The van der Waals surface area contributed by atoms with Crippen molar-refractivity contribution in [2.45, 2.75) is 32.4 Å². The van der Waals surface area contributed by atoms with Gasteiger partial charge in [-0.1, -0.05) is 0 Å². The van der Waals surface area contributed by atoms with Crippen molar-refractivity contribution in [2.75, 3.05) is 24.5 Å². The van der Waals surface area contributed by atoms with E-state index >= 15 is 0 Å². The number of aryl methyl sites for hydroxylation is 2. The van der Waals surface area contributed by atoms with Crippen LogP contribution in [0.25, 0.3) is 0 Å². The molecule has 2 N–H and O–H groups in total. The summed E-state index contributed by atoms with van der Waals surface area (Å²) in [5.74, 6) is 0.384. The van der Waals surface area contributed by atoms with Gasteiger partial charge in [-0.05, 0) is 26.3 Å². The van der Waals surface area contributed by atoms with Crippen molar-refractivity contribution in [1.82, 2.24) is 25.1 Å². The lowest BCUT2D eigenvalue weighted by Gasteiger charge is -2.23. The zero-order valence-electron chi connectivity index (χ0n) is 13.9. The number of carbonyl (C=O) groups excluding carboxylic acids is 1. The molecule has 1 saturated heterocycles. The minimum atomic E-state index is -0.983. The predicted octanol–water partition coefficient (Wildman–Crippen LogP) is 0.373. The van der Waals surface area contributed by atoms with E-state index in [1.165, 1.54) is 0 Å². The summed E-state index contributed by atoms with van der Waals surface area (Å²) < 4.78 is 1.73. The van der Waals surface area contributed by atoms with Crippen molar-refractivity contribution in [3.05, 3.63) is 35.9 Å². The highest BCUT2D eigenvalue weighted by atomic mass is 16.3. The molecule has 0 spiro atoms. The molecule has 1 aliphatic rings. The second-order valence-electron chi connectivity index (χ2n) is 6.11. The Kier molecular flexibility index (Phi) is 4.48. The number of anilines is 1. The van der Waals surface area contributed by atoms with Crippen LogP contribution in [-0.2, 0) is 6.54 Å². The molecule has 0 radical (unpaired) electrons. The van der Waals surface area contributed by atoms with Crippen LogP contribution in [0.3, 0.4) is 0 Å². The standard InChI is InChI=1S/C16H22N6O2/c1-3-22-9-13(12(2)20-22)14(23)19-10-16(24)5-8-21(11-16)15-17-6-4-7-18-15/h4,6-7,9,24H,3,5,8,10-11H2,1-2H3,(H,19,23)/t16-/m0/s1. The molecule has 1 atom stereocenters. The number of hydrogen-bond donors (Lipinski definition) is 2. The first kappa shape index (κ1) is 16.4. The van der Waals surface area contributed by atoms with Crippen LogP contribution in [0, 0.1) is 6.92 Å². The molecule has 2 aromatic heterocycles. The highest BCUT2D eigenvalue weighted by molar-refractivity contribution is 5.95. The maximum absolute atomic E-state index is 12.3. The van der Waals surface area contributed by atoms with Crippen molar-refractivity contribution in [2.24, 2.45) is 0 Å². The number of nitrogens with one attached hydrogen (secondary N) is 1. The minimum Gasteiger partial charge on any atom is -0.386 e. The first-order valence-electron chi connectivity index (χ1n) is 8.07. The van der Waals surface area contributed by atoms with E-state index in [1.54, 1.807) is 36.3 Å². The molecule has 8 nitrogen and oxygen atoms in total. The van der Waals surface area contributed by atoms with Gasteiger partial charge in [0.05, 0.1) is 17.8 Å². The molecule has 8 heteroatoms. The molecule has 1 amide bonds. The maximum atomic E-state index is 12.3. The third kappa shape index (κ3) is 3.38. The summed E-state index contributed by atoms with van der Waals surface area (Å²) in [7, 11) is 0. The lowest BCUT2D eigenvalue weighted by Crippen LogP contribution is -2.45. The Bertz CT molecular complexity index is 717. The molecule has 0 saturated carbocycles. The number of amides is 1. The molecule has 1 fully saturated rings. The van der Waals surface area contributed by atoms with E-state index in [0.717, 1.165) is 0 Å². The summed E-state index contributed by atoms with van der Waals surface area (Å²) in [5, 5.41) is 17.8. The fraction of sp³-hybridized carbons (Fsp3) is 0.500. The highest BCUT2D eigenvalue weighted by Gasteiger charge is 2.37. The third-order valence-corrected chi connectivity index (χ3v) is 4.26. The van der Waals surface area contributed by atoms with Gasteiger partial charge < -0.3 is 15.3 Å². The molecular weight excluding hydrogens is 308 g/mol. The molecule has 0 aromatic carbocycles. The molecule has 24 heavy (non-hydrogen) atoms. The fourth-order valence-corrected chi connectivity index (χ4v) is 2.87. The molecule has 3 heterocycles. The number of β-amino-alcohol motifs (C(OH)–C–C–N with tert-alkyl or cyclic N) is 1. The zero-order chi connectivity index (χ0) is 17.2. The van der Waals surface area contributed by atoms with E-state index in [1.807, 2.05) is 11.8 Å². The van der Waals surface area contributed by atoms with Crippen LogP contribution >= 0.6 is 0 Å². The summed E-state index contributed by atoms with van der Waals surface area (Å²) >= 11 is 0. The molecule has 2 aromatic rings. The average Bonchev–Trinajstić information content (AvgIpc) is 3.17. The van der Waals surface area contributed by atoms with Crippen molar-refractivity contribution in [3.63, 3.8) is 0 Å². The maximum Gasteiger partial charge on any atom is 0.254 e. The Morgan fingerprint density at radius 3 is 2.83 bits per heavy atom. The number of aliphatic hydroxyl groups is 1. The van der Waals surface area contributed by atoms with Crippen LogP contribution in [0.2, 0.25) is 0 Å². The van der Waals surface area contributed by atoms with Crippen LogP contribution < -0.4 is 10.2 Å². The largest absolute Gasteiger partial charge is 0.386 e. The van der Waals surface area contributed by atoms with Gasteiger partial charge in [0, 0.05) is 38.2 Å². The summed E-state index contributed by atoms with van der Waals surface area (Å²) in [5.41, 5.74) is 0.248. The zero-order valence-corrected chi connectivity index (χ0v) is 13.9. The van der Waals surface area contributed by atoms with Gasteiger partial charge in [0.15, 0.2) is 0 Å². The number of nitrogens with zero attached hydrogens (tertiary/aromatic N) is 5. The molecule has 1 aliphatic heterocycles. The van der Waals surface area contributed by atoms with E-state index in [-0.39, 0.29) is 12.5 Å². The topological polar surface area (TPSA) is 96.2 Å². The van der Waals surface area contributed by atoms with E-state index in [9.17, 15) is 9.90 Å². The van der Waals surface area contributed by atoms with Gasteiger partial charge in [-0.2, -0.15) is 5.10 Å². The van der Waals surface area contributed by atoms with Crippen LogP contribution in [-0.4, -0.2) is 56.0 Å². The summed E-state index contributed by atoms with van der Waals surface area (Å²) in [6.45, 7) is 5.72. The number of aromatic nitrogens is 4. The van der Waals surface area contributed by atoms with Gasteiger partial charge in [-0.3, -0.25) is 9.48 Å². The second-order valence-corrected chi connectivity index (χ2v) is 6.11. The molecular formula is C16H22N6O2. The Balaban J connectivity index is 1.60. The van der Waals surface area contributed by atoms with Crippen molar-refractivity contribution in [3.8, 4) is 0 Å². The van der Waals surface area contributed by atoms with E-state index in [4.69, 9.17) is 0 Å². The van der Waals surface area contributed by atoms with E-state index in [0.29, 0.717) is 43.3 Å². The third-order valence-electron chi connectivity index (χ3n) is 4.26. The summed E-state index contributed by atoms with van der Waals surface area (Å²) in [4.78, 5) is 22.7. The van der Waals surface area contributed by atoms with Crippen molar-refractivity contribution in [1.29, 1.82) is 0 Å². The lowest BCUT2D eigenvalue weighted by atomic mass is 10.0. The van der Waals surface area contributed by atoms with Crippen LogP contribution in [0.15, 0.2) is 24.7 Å². The number of rotatable bonds is 5. The quantitative estimate of drug-likeness (QED) is 0.822. The van der Waals surface area contributed by atoms with Crippen LogP contribution in [0.5, 0.6) is 0 Å². The minimum absolute atomic E-state index is 0.186. The Morgan fingerprint density at radius 1 is 1.42 bits per heavy atom. The Hall–Kier alpha value is -2.48. The summed E-state index contributed by atoms with van der Waals surface area (Å²) in [6, 6.07) is 1.75. The molecule has 3 rings (SSSR count). The Labute approximate surface area is 140 Å². The fourth-order valence-electron chi connectivity index (χ4n) is 2.87. The van der Waals surface area contributed by atoms with Gasteiger partial charge in [0.25, 0.3) is 5.91 Å². The lowest BCUT2D eigenvalue weighted by molar-refractivity contribution is 0.0575. The number of hydrogen-bond acceptors (Lipinski definition) is 6. The van der Waals surface area contributed by atoms with Crippen LogP contribution in [0.4, 0.5) is 5.95 Å². The van der Waals surface area contributed by atoms with Crippen molar-refractivity contribution < 1.29 is 9.90 Å². The van der Waals surface area contributed by atoms with Crippen LogP contribution in [0.1, 0.15) is 29.4 Å². The first-order chi connectivity index (χ1) is 11.5. The second kappa shape index (κ2) is 6.56. The number of carbonyl (C=O) groups is 1. The van der Waals surface area contributed by atoms with Crippen molar-refractivity contribution >= 4 is 11.9 Å². The molecule has 0 bridgehead atoms. The first-order valence-corrected chi connectivity index (χ1v) is 8.07. The van der Waals surface area contributed by atoms with Gasteiger partial charge in [-0.25, -0.2) is 9.97 Å². The monoisotopic (exact) mass is 330 g/mol. The average molecular weight is 330 g/mol. The SMILES string of the molecule is CCn1cc(C(=O)NC[C@@]2(O)CCN(c3ncccn3)C2)c(C)n1. The highest BCUT2D eigenvalue weighted by Crippen LogP contribution is 2.23. The van der Waals surface area contributed by atoms with Gasteiger partial charge in [0.1, 0.15) is 5.60 Å². The smallest absolute Gasteiger partial charge is 0.254 e. The molecule has 0 unspecified atom stereocenters. The van der Waals surface area contributed by atoms with E-state index in [2.05, 4.69) is 20.4 Å². The molecule has 0 aliphatic carbocycles. The molecule has 128 valence electrons. The van der Waals surface area contributed by atoms with Gasteiger partial charge in [-0.15, -0.1) is 0 Å². The normalized spacial score (nSPS) is 20.4.